The normalized spacial score (nSPS) is 11.6. The summed E-state index contributed by atoms with van der Waals surface area (Å²) in [6, 6.07) is 6.06. The van der Waals surface area contributed by atoms with Crippen molar-refractivity contribution in [1.29, 1.82) is 5.26 Å². The molecule has 2 N–H and O–H groups in total. The van der Waals surface area contributed by atoms with Crippen LogP contribution in [0.4, 0.5) is 5.69 Å². The number of nitrogen functional groups attached to an aromatic ring is 1. The molecular formula is C16H16N6O. The minimum atomic E-state index is -0.611. The van der Waals surface area contributed by atoms with E-state index in [9.17, 15) is 0 Å². The molecule has 0 spiro atoms. The van der Waals surface area contributed by atoms with Crippen LogP contribution in [0.5, 0.6) is 0 Å². The molecular weight excluding hydrogens is 292 g/mol. The number of nitrogens with zero attached hydrogens (tertiary/aromatic N) is 5. The fourth-order valence-electron chi connectivity index (χ4n) is 2.37. The molecule has 0 atom stereocenters. The number of hydrogen-bond donors (Lipinski definition) is 1. The highest BCUT2D eigenvalue weighted by Crippen LogP contribution is 2.26. The summed E-state index contributed by atoms with van der Waals surface area (Å²) in [7, 11) is 0. The lowest BCUT2D eigenvalue weighted by Gasteiger charge is -2.15. The van der Waals surface area contributed by atoms with Gasteiger partial charge in [-0.1, -0.05) is 6.07 Å². The summed E-state index contributed by atoms with van der Waals surface area (Å²) in [5.41, 5.74) is 10.3. The molecule has 0 aliphatic rings. The van der Waals surface area contributed by atoms with Crippen molar-refractivity contribution in [1.82, 2.24) is 20.3 Å². The Hall–Kier alpha value is -3.01. The number of pyridine rings is 2. The molecule has 0 radical (unpaired) electrons. The molecule has 3 aromatic heterocycles. The van der Waals surface area contributed by atoms with Gasteiger partial charge in [0.25, 0.3) is 0 Å². The molecule has 0 aliphatic heterocycles. The third kappa shape index (κ3) is 2.59. The predicted octanol–water partition coefficient (Wildman–Crippen LogP) is 2.30. The summed E-state index contributed by atoms with van der Waals surface area (Å²) in [5, 5.41) is 16.7. The highest BCUT2D eigenvalue weighted by atomic mass is 16.6. The molecule has 0 aromatic carbocycles. The fraction of sp³-hybridized carbons (Fsp3) is 0.312. The van der Waals surface area contributed by atoms with Crippen molar-refractivity contribution < 1.29 is 4.63 Å². The monoisotopic (exact) mass is 308 g/mol. The minimum Gasteiger partial charge on any atom is -0.396 e. The van der Waals surface area contributed by atoms with Gasteiger partial charge in [-0.15, -0.1) is 0 Å². The summed E-state index contributed by atoms with van der Waals surface area (Å²) in [6.07, 6.45) is 2.34. The van der Waals surface area contributed by atoms with Gasteiger partial charge in [-0.05, 0) is 42.7 Å². The Morgan fingerprint density at radius 1 is 1.30 bits per heavy atom. The zero-order valence-corrected chi connectivity index (χ0v) is 13.2. The van der Waals surface area contributed by atoms with Crippen molar-refractivity contribution in [2.24, 2.45) is 0 Å². The van der Waals surface area contributed by atoms with Crippen molar-refractivity contribution in [3.63, 3.8) is 0 Å². The van der Waals surface area contributed by atoms with E-state index < -0.39 is 5.41 Å². The number of rotatable bonds is 3. The SMILES string of the molecule is Cc1nc2nonc2c(N)c1Cc1ccc(C(C)(C)C#N)nc1. The number of fused-ring (bicyclic) bond motifs is 1. The van der Waals surface area contributed by atoms with Crippen LogP contribution >= 0.6 is 0 Å². The molecule has 0 unspecified atom stereocenters. The lowest BCUT2D eigenvalue weighted by atomic mass is 9.90. The minimum absolute atomic E-state index is 0.410. The third-order valence-electron chi connectivity index (χ3n) is 3.89. The number of aryl methyl sites for hydroxylation is 1. The number of aromatic nitrogens is 4. The Bertz CT molecular complexity index is 905. The smallest absolute Gasteiger partial charge is 0.226 e. The molecule has 0 aliphatic carbocycles. The Balaban J connectivity index is 1.95. The standard InChI is InChI=1S/C16H16N6O/c1-9-11(13(18)14-15(20-9)22-23-21-14)6-10-4-5-12(19-7-10)16(2,3)8-17/h4-5,7H,6,18H2,1-3H3. The highest BCUT2D eigenvalue weighted by molar-refractivity contribution is 5.85. The maximum Gasteiger partial charge on any atom is 0.226 e. The van der Waals surface area contributed by atoms with E-state index in [4.69, 9.17) is 11.0 Å². The summed E-state index contributed by atoms with van der Waals surface area (Å²) in [4.78, 5) is 8.75. The van der Waals surface area contributed by atoms with Crippen LogP contribution in [0.3, 0.4) is 0 Å². The lowest BCUT2D eigenvalue weighted by Crippen LogP contribution is -2.15. The van der Waals surface area contributed by atoms with Crippen LogP contribution in [-0.4, -0.2) is 20.3 Å². The first-order valence-electron chi connectivity index (χ1n) is 7.16. The molecule has 7 nitrogen and oxygen atoms in total. The average Bonchev–Trinajstić information content (AvgIpc) is 3.00. The van der Waals surface area contributed by atoms with E-state index in [1.165, 1.54) is 0 Å². The molecule has 23 heavy (non-hydrogen) atoms. The first-order chi connectivity index (χ1) is 10.9. The van der Waals surface area contributed by atoms with Gasteiger partial charge in [0, 0.05) is 23.9 Å². The average molecular weight is 308 g/mol. The van der Waals surface area contributed by atoms with Crippen molar-refractivity contribution in [3.8, 4) is 6.07 Å². The van der Waals surface area contributed by atoms with E-state index in [0.717, 1.165) is 22.5 Å². The maximum absolute atomic E-state index is 9.17. The van der Waals surface area contributed by atoms with Gasteiger partial charge in [-0.2, -0.15) is 5.26 Å². The summed E-state index contributed by atoms with van der Waals surface area (Å²) in [5.74, 6) is 0. The molecule has 116 valence electrons. The number of nitrogens with two attached hydrogens (primary N) is 1. The molecule has 0 saturated heterocycles. The van der Waals surface area contributed by atoms with E-state index in [-0.39, 0.29) is 0 Å². The van der Waals surface area contributed by atoms with Gasteiger partial charge in [-0.3, -0.25) is 4.98 Å². The molecule has 0 amide bonds. The summed E-state index contributed by atoms with van der Waals surface area (Å²) < 4.78 is 4.69. The molecule has 0 bridgehead atoms. The summed E-state index contributed by atoms with van der Waals surface area (Å²) in [6.45, 7) is 5.56. The molecule has 3 aromatic rings. The van der Waals surface area contributed by atoms with E-state index in [1.807, 2.05) is 32.9 Å². The zero-order valence-electron chi connectivity index (χ0n) is 13.2. The second-order valence-electron chi connectivity index (χ2n) is 5.99. The van der Waals surface area contributed by atoms with Crippen molar-refractivity contribution in [2.45, 2.75) is 32.6 Å². The largest absolute Gasteiger partial charge is 0.396 e. The molecule has 7 heteroatoms. The Morgan fingerprint density at radius 3 is 2.74 bits per heavy atom. The van der Waals surface area contributed by atoms with Gasteiger partial charge in [0.05, 0.1) is 22.9 Å². The zero-order chi connectivity index (χ0) is 16.6. The number of anilines is 1. The van der Waals surface area contributed by atoms with Gasteiger partial charge in [0.2, 0.25) is 5.65 Å². The number of nitriles is 1. The van der Waals surface area contributed by atoms with Crippen LogP contribution in [0.25, 0.3) is 11.2 Å². The van der Waals surface area contributed by atoms with Crippen LogP contribution in [-0.2, 0) is 11.8 Å². The third-order valence-corrected chi connectivity index (χ3v) is 3.89. The van der Waals surface area contributed by atoms with Crippen LogP contribution in [0, 0.1) is 18.3 Å². The second kappa shape index (κ2) is 5.32. The van der Waals surface area contributed by atoms with Crippen LogP contribution in [0.15, 0.2) is 23.0 Å². The van der Waals surface area contributed by atoms with Gasteiger partial charge in [0.15, 0.2) is 5.52 Å². The Labute approximate surface area is 133 Å². The molecule has 3 rings (SSSR count). The first kappa shape index (κ1) is 14.9. The van der Waals surface area contributed by atoms with E-state index >= 15 is 0 Å². The van der Waals surface area contributed by atoms with Gasteiger partial charge in [-0.25, -0.2) is 9.61 Å². The van der Waals surface area contributed by atoms with Gasteiger partial charge in [0.1, 0.15) is 0 Å². The van der Waals surface area contributed by atoms with Crippen LogP contribution in [0.1, 0.15) is 36.4 Å². The van der Waals surface area contributed by atoms with Crippen molar-refractivity contribution >= 4 is 16.9 Å². The first-order valence-corrected chi connectivity index (χ1v) is 7.16. The fourth-order valence-corrected chi connectivity index (χ4v) is 2.37. The summed E-state index contributed by atoms with van der Waals surface area (Å²) >= 11 is 0. The van der Waals surface area contributed by atoms with E-state index in [2.05, 4.69) is 31.0 Å². The maximum atomic E-state index is 9.17. The highest BCUT2D eigenvalue weighted by Gasteiger charge is 2.21. The van der Waals surface area contributed by atoms with E-state index in [0.29, 0.717) is 23.3 Å². The quantitative estimate of drug-likeness (QED) is 0.789. The van der Waals surface area contributed by atoms with Crippen LogP contribution < -0.4 is 5.73 Å². The Morgan fingerprint density at radius 2 is 2.09 bits per heavy atom. The lowest BCUT2D eigenvalue weighted by molar-refractivity contribution is 0.315. The topological polar surface area (TPSA) is 115 Å². The van der Waals surface area contributed by atoms with Crippen LogP contribution in [0.2, 0.25) is 0 Å². The Kier molecular flexibility index (Phi) is 3.45. The van der Waals surface area contributed by atoms with Gasteiger partial charge >= 0.3 is 0 Å². The van der Waals surface area contributed by atoms with Crippen molar-refractivity contribution in [2.75, 3.05) is 5.73 Å². The molecule has 0 fully saturated rings. The van der Waals surface area contributed by atoms with Crippen molar-refractivity contribution in [3.05, 3.63) is 40.8 Å². The molecule has 3 heterocycles. The predicted molar refractivity (Wildman–Crippen MR) is 84.4 cm³/mol. The number of hydrogen-bond acceptors (Lipinski definition) is 7. The van der Waals surface area contributed by atoms with Gasteiger partial charge < -0.3 is 5.73 Å². The molecule has 0 saturated carbocycles. The second-order valence-corrected chi connectivity index (χ2v) is 5.99. The van der Waals surface area contributed by atoms with E-state index in [1.54, 1.807) is 6.20 Å².